The van der Waals surface area contributed by atoms with E-state index in [1.807, 2.05) is 0 Å². The third kappa shape index (κ3) is 2.78. The van der Waals surface area contributed by atoms with Gasteiger partial charge in [-0.25, -0.2) is 4.98 Å². The maximum Gasteiger partial charge on any atom is 0.267 e. The van der Waals surface area contributed by atoms with Gasteiger partial charge in [-0.1, -0.05) is 11.3 Å². The first-order valence-electron chi connectivity index (χ1n) is 6.01. The lowest BCUT2D eigenvalue weighted by molar-refractivity contribution is -0.130. The summed E-state index contributed by atoms with van der Waals surface area (Å²) >= 11 is 1.25. The van der Waals surface area contributed by atoms with Crippen molar-refractivity contribution in [3.63, 3.8) is 0 Å². The van der Waals surface area contributed by atoms with Gasteiger partial charge in [-0.15, -0.1) is 0 Å². The predicted molar refractivity (Wildman–Crippen MR) is 74.2 cm³/mol. The predicted octanol–water partition coefficient (Wildman–Crippen LogP) is 0.0713. The first-order valence-corrected chi connectivity index (χ1v) is 6.83. The van der Waals surface area contributed by atoms with Crippen LogP contribution in [-0.2, 0) is 4.79 Å². The maximum atomic E-state index is 12.3. The summed E-state index contributed by atoms with van der Waals surface area (Å²) in [5.41, 5.74) is 5.75. The van der Waals surface area contributed by atoms with Crippen molar-refractivity contribution in [3.8, 4) is 0 Å². The van der Waals surface area contributed by atoms with E-state index in [-0.39, 0.29) is 17.6 Å². The van der Waals surface area contributed by atoms with Crippen LogP contribution in [0, 0.1) is 0 Å². The first-order chi connectivity index (χ1) is 9.02. The van der Waals surface area contributed by atoms with Crippen LogP contribution < -0.4 is 11.1 Å². The lowest BCUT2D eigenvalue weighted by Crippen LogP contribution is -2.50. The summed E-state index contributed by atoms with van der Waals surface area (Å²) in [5.74, 6) is 0.190. The van der Waals surface area contributed by atoms with Crippen LogP contribution in [0.4, 0.5) is 10.9 Å². The fraction of sp³-hybridized carbons (Fsp3) is 0.545. The number of anilines is 2. The number of aromatic nitrogens is 1. The van der Waals surface area contributed by atoms with Gasteiger partial charge in [-0.2, -0.15) is 0 Å². The number of thiazole rings is 1. The lowest BCUT2D eigenvalue weighted by Gasteiger charge is -2.33. The highest BCUT2D eigenvalue weighted by Crippen LogP contribution is 2.26. The SMILES string of the molecule is CNc1nc(N)c(C(=O)N2CCN(C(C)=O)CC2)s1. The van der Waals surface area contributed by atoms with Crippen LogP contribution in [0.3, 0.4) is 0 Å². The Balaban J connectivity index is 2.05. The molecule has 0 atom stereocenters. The number of nitrogens with one attached hydrogen (secondary N) is 1. The number of amides is 2. The molecular formula is C11H17N5O2S. The largest absolute Gasteiger partial charge is 0.382 e. The van der Waals surface area contributed by atoms with Crippen LogP contribution in [0.2, 0.25) is 0 Å². The van der Waals surface area contributed by atoms with E-state index in [9.17, 15) is 9.59 Å². The summed E-state index contributed by atoms with van der Waals surface area (Å²) in [6.07, 6.45) is 0. The molecular weight excluding hydrogens is 266 g/mol. The van der Waals surface area contributed by atoms with Crippen molar-refractivity contribution in [2.45, 2.75) is 6.92 Å². The second-order valence-corrected chi connectivity index (χ2v) is 5.28. The molecule has 0 bridgehead atoms. The molecule has 1 aromatic heterocycles. The van der Waals surface area contributed by atoms with Crippen molar-refractivity contribution in [2.75, 3.05) is 44.3 Å². The average Bonchev–Trinajstić information content (AvgIpc) is 2.79. The molecule has 2 rings (SSSR count). The van der Waals surface area contributed by atoms with E-state index in [0.717, 1.165) is 0 Å². The maximum absolute atomic E-state index is 12.3. The third-order valence-electron chi connectivity index (χ3n) is 3.07. The zero-order chi connectivity index (χ0) is 14.0. The summed E-state index contributed by atoms with van der Waals surface area (Å²) in [7, 11) is 1.73. The van der Waals surface area contributed by atoms with Crippen LogP contribution in [0.25, 0.3) is 0 Å². The Labute approximate surface area is 115 Å². The molecule has 19 heavy (non-hydrogen) atoms. The Bertz CT molecular complexity index is 493. The molecule has 0 aromatic carbocycles. The Kier molecular flexibility index (Phi) is 3.89. The van der Waals surface area contributed by atoms with Crippen LogP contribution in [0.5, 0.6) is 0 Å². The molecule has 2 heterocycles. The van der Waals surface area contributed by atoms with Gasteiger partial charge in [0, 0.05) is 40.2 Å². The van der Waals surface area contributed by atoms with E-state index in [2.05, 4.69) is 10.3 Å². The second-order valence-electron chi connectivity index (χ2n) is 4.28. The highest BCUT2D eigenvalue weighted by molar-refractivity contribution is 7.18. The molecule has 0 radical (unpaired) electrons. The number of piperazine rings is 1. The van der Waals surface area contributed by atoms with Gasteiger partial charge in [0.25, 0.3) is 5.91 Å². The van der Waals surface area contributed by atoms with Crippen molar-refractivity contribution in [2.24, 2.45) is 0 Å². The van der Waals surface area contributed by atoms with Gasteiger partial charge in [0.15, 0.2) is 5.13 Å². The molecule has 1 saturated heterocycles. The second kappa shape index (κ2) is 5.43. The van der Waals surface area contributed by atoms with Crippen molar-refractivity contribution in [1.82, 2.24) is 14.8 Å². The van der Waals surface area contributed by atoms with Crippen LogP contribution in [-0.4, -0.2) is 59.8 Å². The van der Waals surface area contributed by atoms with E-state index in [1.165, 1.54) is 18.3 Å². The van der Waals surface area contributed by atoms with Crippen molar-refractivity contribution in [1.29, 1.82) is 0 Å². The van der Waals surface area contributed by atoms with Crippen LogP contribution >= 0.6 is 11.3 Å². The van der Waals surface area contributed by atoms with E-state index < -0.39 is 0 Å². The topological polar surface area (TPSA) is 91.6 Å². The highest BCUT2D eigenvalue weighted by Gasteiger charge is 2.26. The molecule has 0 saturated carbocycles. The Morgan fingerprint density at radius 1 is 1.26 bits per heavy atom. The number of hydrogen-bond donors (Lipinski definition) is 2. The van der Waals surface area contributed by atoms with Crippen molar-refractivity contribution in [3.05, 3.63) is 4.88 Å². The van der Waals surface area contributed by atoms with Gasteiger partial charge in [0.05, 0.1) is 0 Å². The Morgan fingerprint density at radius 2 is 1.84 bits per heavy atom. The van der Waals surface area contributed by atoms with Gasteiger partial charge in [-0.3, -0.25) is 9.59 Å². The molecule has 104 valence electrons. The number of nitrogens with zero attached hydrogens (tertiary/aromatic N) is 3. The van der Waals surface area contributed by atoms with Gasteiger partial charge in [0.2, 0.25) is 5.91 Å². The number of hydrogen-bond acceptors (Lipinski definition) is 6. The normalized spacial score (nSPS) is 15.5. The van der Waals surface area contributed by atoms with E-state index >= 15 is 0 Å². The fourth-order valence-electron chi connectivity index (χ4n) is 1.96. The molecule has 1 aromatic rings. The molecule has 0 spiro atoms. The zero-order valence-corrected chi connectivity index (χ0v) is 11.8. The van der Waals surface area contributed by atoms with E-state index in [0.29, 0.717) is 36.2 Å². The van der Waals surface area contributed by atoms with Gasteiger partial charge in [-0.05, 0) is 0 Å². The number of rotatable bonds is 2. The van der Waals surface area contributed by atoms with Crippen LogP contribution in [0.1, 0.15) is 16.6 Å². The number of nitrogens with two attached hydrogens (primary N) is 1. The van der Waals surface area contributed by atoms with Crippen molar-refractivity contribution >= 4 is 34.1 Å². The summed E-state index contributed by atoms with van der Waals surface area (Å²) in [4.78, 5) is 31.5. The number of nitrogen functional groups attached to an aromatic ring is 1. The monoisotopic (exact) mass is 283 g/mol. The van der Waals surface area contributed by atoms with E-state index in [1.54, 1.807) is 16.8 Å². The number of carbonyl (C=O) groups is 2. The molecule has 0 aliphatic carbocycles. The smallest absolute Gasteiger partial charge is 0.267 e. The average molecular weight is 283 g/mol. The van der Waals surface area contributed by atoms with Gasteiger partial charge >= 0.3 is 0 Å². The molecule has 2 amide bonds. The molecule has 1 aliphatic rings. The van der Waals surface area contributed by atoms with E-state index in [4.69, 9.17) is 5.73 Å². The minimum atomic E-state index is -0.111. The molecule has 3 N–H and O–H groups in total. The molecule has 7 nitrogen and oxygen atoms in total. The lowest BCUT2D eigenvalue weighted by atomic mass is 10.3. The standard InChI is InChI=1S/C11H17N5O2S/c1-7(17)15-3-5-16(6-4-15)10(18)8-9(12)14-11(13-2)19-8/h3-6,12H2,1-2H3,(H,13,14). The summed E-state index contributed by atoms with van der Waals surface area (Å²) < 4.78 is 0. The Hall–Kier alpha value is -1.83. The number of carbonyl (C=O) groups excluding carboxylic acids is 2. The third-order valence-corrected chi connectivity index (χ3v) is 4.15. The zero-order valence-electron chi connectivity index (χ0n) is 11.0. The Morgan fingerprint density at radius 3 is 2.32 bits per heavy atom. The van der Waals surface area contributed by atoms with Crippen LogP contribution in [0.15, 0.2) is 0 Å². The van der Waals surface area contributed by atoms with Gasteiger partial charge < -0.3 is 20.9 Å². The highest BCUT2D eigenvalue weighted by atomic mass is 32.1. The summed E-state index contributed by atoms with van der Waals surface area (Å²) in [5, 5.41) is 3.50. The quantitative estimate of drug-likeness (QED) is 0.801. The van der Waals surface area contributed by atoms with Crippen molar-refractivity contribution < 1.29 is 9.59 Å². The first kappa shape index (κ1) is 13.6. The summed E-state index contributed by atoms with van der Waals surface area (Å²) in [6.45, 7) is 3.74. The fourth-order valence-corrected chi connectivity index (χ4v) is 2.77. The minimum Gasteiger partial charge on any atom is -0.382 e. The minimum absolute atomic E-state index is 0.0434. The molecule has 1 fully saturated rings. The molecule has 1 aliphatic heterocycles. The van der Waals surface area contributed by atoms with Gasteiger partial charge in [0.1, 0.15) is 10.7 Å². The molecule has 8 heteroatoms. The summed E-state index contributed by atoms with van der Waals surface area (Å²) in [6, 6.07) is 0. The molecule has 0 unspecified atom stereocenters.